The van der Waals surface area contributed by atoms with Gasteiger partial charge in [0.25, 0.3) is 0 Å². The van der Waals surface area contributed by atoms with E-state index in [1.165, 1.54) is 49.7 Å². The van der Waals surface area contributed by atoms with Gasteiger partial charge in [-0.1, -0.05) is 117 Å². The third kappa shape index (κ3) is 3.89. The zero-order valence-electron chi connectivity index (χ0n) is 25.3. The molecule has 0 spiro atoms. The van der Waals surface area contributed by atoms with Gasteiger partial charge < -0.3 is 9.64 Å². The summed E-state index contributed by atoms with van der Waals surface area (Å²) in [5.74, 6) is 1.82. The molecule has 0 fully saturated rings. The first-order valence-electron chi connectivity index (χ1n) is 15.6. The van der Waals surface area contributed by atoms with Gasteiger partial charge in [-0.15, -0.1) is 0 Å². The molecule has 1 aliphatic heterocycles. The van der Waals surface area contributed by atoms with Gasteiger partial charge >= 0.3 is 0 Å². The number of ether oxygens (including phenoxy) is 1. The third-order valence-corrected chi connectivity index (χ3v) is 9.68. The molecule has 2 heteroatoms. The number of benzene rings is 7. The Hall–Kier alpha value is -5.60. The van der Waals surface area contributed by atoms with Crippen molar-refractivity contribution >= 4 is 27.8 Å². The zero-order valence-corrected chi connectivity index (χ0v) is 25.3. The van der Waals surface area contributed by atoms with Crippen LogP contribution in [0.25, 0.3) is 44.2 Å². The molecule has 2 aliphatic rings. The highest BCUT2D eigenvalue weighted by Gasteiger charge is 2.35. The van der Waals surface area contributed by atoms with Crippen LogP contribution >= 0.6 is 0 Å². The lowest BCUT2D eigenvalue weighted by Gasteiger charge is -2.27. The van der Waals surface area contributed by atoms with Crippen LogP contribution in [0.2, 0.25) is 0 Å². The third-order valence-electron chi connectivity index (χ3n) is 9.68. The van der Waals surface area contributed by atoms with Crippen LogP contribution in [-0.2, 0) is 5.41 Å². The fourth-order valence-electron chi connectivity index (χ4n) is 7.49. The van der Waals surface area contributed by atoms with Gasteiger partial charge in [-0.2, -0.15) is 0 Å². The highest BCUT2D eigenvalue weighted by atomic mass is 16.5. The summed E-state index contributed by atoms with van der Waals surface area (Å²) in [6.07, 6.45) is 0. The van der Waals surface area contributed by atoms with Crippen LogP contribution in [0.4, 0.5) is 17.1 Å². The van der Waals surface area contributed by atoms with Gasteiger partial charge in [0.1, 0.15) is 11.5 Å². The number of rotatable bonds is 4. The Morgan fingerprint density at radius 2 is 1.11 bits per heavy atom. The zero-order chi connectivity index (χ0) is 30.1. The average Bonchev–Trinajstić information content (AvgIpc) is 3.32. The lowest BCUT2D eigenvalue weighted by molar-refractivity contribution is 0.487. The largest absolute Gasteiger partial charge is 0.456 e. The van der Waals surface area contributed by atoms with Crippen LogP contribution in [0.5, 0.6) is 11.5 Å². The molecular formula is C43H31NO. The Balaban J connectivity index is 1.15. The van der Waals surface area contributed by atoms with Crippen LogP contribution in [-0.4, -0.2) is 0 Å². The van der Waals surface area contributed by atoms with Crippen molar-refractivity contribution in [1.29, 1.82) is 0 Å². The lowest BCUT2D eigenvalue weighted by atomic mass is 9.82. The lowest BCUT2D eigenvalue weighted by Crippen LogP contribution is -2.15. The Bertz CT molecular complexity index is 2260. The number of nitrogens with zero attached hydrogens (tertiary/aromatic N) is 1. The summed E-state index contributed by atoms with van der Waals surface area (Å²) in [6, 6.07) is 54.6. The van der Waals surface area contributed by atoms with E-state index < -0.39 is 0 Å². The minimum absolute atomic E-state index is 0.0184. The molecule has 45 heavy (non-hydrogen) atoms. The number of hydrogen-bond donors (Lipinski definition) is 0. The molecule has 0 saturated carbocycles. The molecule has 0 N–H and O–H groups in total. The van der Waals surface area contributed by atoms with Crippen molar-refractivity contribution in [3.05, 3.63) is 163 Å². The molecule has 214 valence electrons. The van der Waals surface area contributed by atoms with Gasteiger partial charge in [0.05, 0.1) is 0 Å². The number of hydrogen-bond acceptors (Lipinski definition) is 2. The van der Waals surface area contributed by atoms with Crippen molar-refractivity contribution in [3.63, 3.8) is 0 Å². The molecule has 0 saturated heterocycles. The minimum atomic E-state index is -0.0184. The number of para-hydroxylation sites is 2. The van der Waals surface area contributed by atoms with E-state index in [1.807, 2.05) is 12.1 Å². The molecular weight excluding hydrogens is 546 g/mol. The first kappa shape index (κ1) is 25.9. The summed E-state index contributed by atoms with van der Waals surface area (Å²) < 4.78 is 6.35. The topological polar surface area (TPSA) is 12.5 Å². The predicted molar refractivity (Wildman–Crippen MR) is 187 cm³/mol. The van der Waals surface area contributed by atoms with E-state index in [1.54, 1.807) is 0 Å². The first-order valence-corrected chi connectivity index (χ1v) is 15.6. The summed E-state index contributed by atoms with van der Waals surface area (Å²) >= 11 is 0. The monoisotopic (exact) mass is 577 g/mol. The van der Waals surface area contributed by atoms with Crippen LogP contribution in [0.15, 0.2) is 152 Å². The van der Waals surface area contributed by atoms with Gasteiger partial charge in [-0.05, 0) is 92.9 Å². The number of anilines is 3. The van der Waals surface area contributed by atoms with Crippen molar-refractivity contribution in [2.24, 2.45) is 0 Å². The maximum Gasteiger partial charge on any atom is 0.135 e. The molecule has 1 aliphatic carbocycles. The van der Waals surface area contributed by atoms with Crippen molar-refractivity contribution in [1.82, 2.24) is 0 Å². The highest BCUT2D eigenvalue weighted by molar-refractivity contribution is 6.10. The van der Waals surface area contributed by atoms with Gasteiger partial charge in [-0.25, -0.2) is 0 Å². The molecule has 1 heterocycles. The van der Waals surface area contributed by atoms with E-state index in [9.17, 15) is 0 Å². The predicted octanol–water partition coefficient (Wildman–Crippen LogP) is 12.1. The summed E-state index contributed by atoms with van der Waals surface area (Å²) in [5.41, 5.74) is 13.5. The minimum Gasteiger partial charge on any atom is -0.456 e. The Kier molecular flexibility index (Phi) is 5.58. The second-order valence-electron chi connectivity index (χ2n) is 12.6. The van der Waals surface area contributed by atoms with Gasteiger partial charge in [0, 0.05) is 33.4 Å². The fraction of sp³-hybridized carbons (Fsp3) is 0.0698. The van der Waals surface area contributed by atoms with Crippen molar-refractivity contribution < 1.29 is 4.74 Å². The second kappa shape index (κ2) is 9.70. The Labute approximate surface area is 263 Å². The van der Waals surface area contributed by atoms with Crippen molar-refractivity contribution in [2.75, 3.05) is 4.90 Å². The Morgan fingerprint density at radius 3 is 1.96 bits per heavy atom. The maximum absolute atomic E-state index is 6.35. The van der Waals surface area contributed by atoms with Gasteiger partial charge in [0.2, 0.25) is 0 Å². The molecule has 0 amide bonds. The standard InChI is InChI=1S/C43H31NO/c1-43(2)38-17-8-6-13-33(38)37-27-31(23-25-39(37)43)44(29-11-4-3-5-12-29)30-21-19-28(20-22-30)32-24-26-41-42-35(32)15-10-16-36(42)34-14-7-9-18-40(34)45-41/h3-27H,1-2H3. The SMILES string of the molecule is CC1(C)c2ccccc2-c2cc(N(c3ccccc3)c3ccc(-c4ccc5c6c(cccc46)-c4ccccc4O5)cc3)ccc21. The summed E-state index contributed by atoms with van der Waals surface area (Å²) in [4.78, 5) is 2.36. The normalized spacial score (nSPS) is 13.5. The molecule has 9 rings (SSSR count). The second-order valence-corrected chi connectivity index (χ2v) is 12.6. The molecule has 7 aromatic carbocycles. The van der Waals surface area contributed by atoms with Crippen LogP contribution in [0, 0.1) is 0 Å². The molecule has 0 radical (unpaired) electrons. The van der Waals surface area contributed by atoms with Crippen molar-refractivity contribution in [3.8, 4) is 44.9 Å². The number of fused-ring (bicyclic) bond motifs is 5. The van der Waals surface area contributed by atoms with E-state index in [-0.39, 0.29) is 5.41 Å². The maximum atomic E-state index is 6.35. The Morgan fingerprint density at radius 1 is 0.444 bits per heavy atom. The van der Waals surface area contributed by atoms with Crippen LogP contribution in [0.3, 0.4) is 0 Å². The van der Waals surface area contributed by atoms with E-state index in [0.29, 0.717) is 0 Å². The van der Waals surface area contributed by atoms with Gasteiger partial charge in [0.15, 0.2) is 0 Å². The first-order chi connectivity index (χ1) is 22.1. The molecule has 0 unspecified atom stereocenters. The molecule has 2 nitrogen and oxygen atoms in total. The molecule has 7 aromatic rings. The summed E-state index contributed by atoms with van der Waals surface area (Å²) in [7, 11) is 0. The van der Waals surface area contributed by atoms with E-state index in [0.717, 1.165) is 34.1 Å². The summed E-state index contributed by atoms with van der Waals surface area (Å²) in [5, 5.41) is 2.37. The van der Waals surface area contributed by atoms with Crippen LogP contribution < -0.4 is 9.64 Å². The highest BCUT2D eigenvalue weighted by Crippen LogP contribution is 2.51. The fourth-order valence-corrected chi connectivity index (χ4v) is 7.49. The molecule has 0 atom stereocenters. The summed E-state index contributed by atoms with van der Waals surface area (Å²) in [6.45, 7) is 4.66. The average molecular weight is 578 g/mol. The van der Waals surface area contributed by atoms with Crippen molar-refractivity contribution in [2.45, 2.75) is 19.3 Å². The smallest absolute Gasteiger partial charge is 0.135 e. The van der Waals surface area contributed by atoms with E-state index >= 15 is 0 Å². The van der Waals surface area contributed by atoms with Gasteiger partial charge in [-0.3, -0.25) is 0 Å². The van der Waals surface area contributed by atoms with Crippen LogP contribution in [0.1, 0.15) is 25.0 Å². The quantitative estimate of drug-likeness (QED) is 0.206. The van der Waals surface area contributed by atoms with E-state index in [2.05, 4.69) is 158 Å². The molecule has 0 bridgehead atoms. The molecule has 0 aromatic heterocycles. The van der Waals surface area contributed by atoms with E-state index in [4.69, 9.17) is 4.74 Å².